The lowest BCUT2D eigenvalue weighted by atomic mass is 9.99. The van der Waals surface area contributed by atoms with Gasteiger partial charge in [-0.15, -0.1) is 0 Å². The minimum atomic E-state index is -1.62. The molecule has 8 atom stereocenters. The summed E-state index contributed by atoms with van der Waals surface area (Å²) in [6, 6.07) is -1.03. The molecule has 90 heavy (non-hydrogen) atoms. The molecule has 0 aliphatic carbocycles. The second kappa shape index (κ2) is 66.1. The van der Waals surface area contributed by atoms with Gasteiger partial charge in [-0.05, 0) is 70.6 Å². The van der Waals surface area contributed by atoms with Crippen LogP contribution >= 0.6 is 0 Å². The van der Waals surface area contributed by atoms with Crippen molar-refractivity contribution in [3.05, 3.63) is 72.9 Å². The first kappa shape index (κ1) is 85.1. The largest absolute Gasteiger partial charge is 0.454 e. The Labute approximate surface area is 553 Å². The van der Waals surface area contributed by atoms with E-state index in [0.29, 0.717) is 12.8 Å². The van der Waals surface area contributed by atoms with Crippen molar-refractivity contribution in [2.45, 2.75) is 404 Å². The van der Waals surface area contributed by atoms with Crippen molar-refractivity contribution in [1.82, 2.24) is 5.32 Å². The Morgan fingerprint density at radius 3 is 1.20 bits per heavy atom. The van der Waals surface area contributed by atoms with Gasteiger partial charge in [-0.25, -0.2) is 0 Å². The van der Waals surface area contributed by atoms with Gasteiger partial charge >= 0.3 is 5.97 Å². The molecule has 6 N–H and O–H groups in total. The molecule has 11 heteroatoms. The highest BCUT2D eigenvalue weighted by Gasteiger charge is 2.47. The van der Waals surface area contributed by atoms with Crippen molar-refractivity contribution >= 4 is 11.9 Å². The summed E-state index contributed by atoms with van der Waals surface area (Å²) in [4.78, 5) is 26.7. The van der Waals surface area contributed by atoms with E-state index in [0.717, 1.165) is 96.3 Å². The first-order chi connectivity index (χ1) is 44.2. The highest BCUT2D eigenvalue weighted by atomic mass is 16.7. The molecule has 524 valence electrons. The summed E-state index contributed by atoms with van der Waals surface area (Å²) in [5, 5.41) is 57.4. The SMILES string of the molecule is CC/C=C\C/C=C\C/C=C\C/C=C\C/C=C\CCCCCCCCCCC(O)C(=O)NC(COC1OC(CO)C(O)C(O)C1OC(=O)CCCCCCCCCCCCCCCCCCCCCCCCCCC)C(O)/C=C/CCCCCCCCCCCC. The van der Waals surface area contributed by atoms with Gasteiger partial charge < -0.3 is 45.1 Å². The molecule has 1 heterocycles. The summed E-state index contributed by atoms with van der Waals surface area (Å²) in [5.74, 6) is -1.19. The van der Waals surface area contributed by atoms with Gasteiger partial charge in [0.05, 0.1) is 25.4 Å². The number of hydrogen-bond acceptors (Lipinski definition) is 10. The van der Waals surface area contributed by atoms with Crippen LogP contribution in [-0.4, -0.2) is 99.6 Å². The van der Waals surface area contributed by atoms with E-state index in [-0.39, 0.29) is 19.4 Å². The molecule has 11 nitrogen and oxygen atoms in total. The molecule has 0 aromatic carbocycles. The number of amides is 1. The number of hydrogen-bond donors (Lipinski definition) is 6. The van der Waals surface area contributed by atoms with Gasteiger partial charge in [0.2, 0.25) is 5.91 Å². The number of nitrogens with one attached hydrogen (secondary N) is 1. The van der Waals surface area contributed by atoms with E-state index in [2.05, 4.69) is 86.8 Å². The number of esters is 1. The Bertz CT molecular complexity index is 1750. The Morgan fingerprint density at radius 2 is 0.800 bits per heavy atom. The normalized spacial score (nSPS) is 18.4. The third-order valence-electron chi connectivity index (χ3n) is 17.9. The fourth-order valence-corrected chi connectivity index (χ4v) is 11.9. The Kier molecular flexibility index (Phi) is 62.5. The number of aliphatic hydroxyl groups excluding tert-OH is 5. The molecule has 0 bridgehead atoms. The minimum Gasteiger partial charge on any atom is -0.454 e. The zero-order valence-corrected chi connectivity index (χ0v) is 58.5. The van der Waals surface area contributed by atoms with Gasteiger partial charge in [-0.2, -0.15) is 0 Å². The van der Waals surface area contributed by atoms with Crippen molar-refractivity contribution in [2.75, 3.05) is 13.2 Å². The Morgan fingerprint density at radius 1 is 0.444 bits per heavy atom. The van der Waals surface area contributed by atoms with Crippen molar-refractivity contribution in [1.29, 1.82) is 0 Å². The van der Waals surface area contributed by atoms with E-state index in [1.165, 1.54) is 212 Å². The fraction of sp³-hybridized carbons (Fsp3) is 0.823. The first-order valence-corrected chi connectivity index (χ1v) is 38.2. The third-order valence-corrected chi connectivity index (χ3v) is 17.9. The lowest BCUT2D eigenvalue weighted by molar-refractivity contribution is -0.305. The molecule has 0 aromatic rings. The first-order valence-electron chi connectivity index (χ1n) is 38.2. The second-order valence-electron chi connectivity index (χ2n) is 26.4. The van der Waals surface area contributed by atoms with Gasteiger partial charge in [0.1, 0.15) is 24.4 Å². The smallest absolute Gasteiger partial charge is 0.306 e. The van der Waals surface area contributed by atoms with Crippen molar-refractivity contribution in [2.24, 2.45) is 0 Å². The number of carbonyl (C=O) groups is 2. The van der Waals surface area contributed by atoms with Crippen LogP contribution in [-0.2, 0) is 23.8 Å². The van der Waals surface area contributed by atoms with E-state index >= 15 is 0 Å². The minimum absolute atomic E-state index is 0.126. The molecule has 1 fully saturated rings. The van der Waals surface area contributed by atoms with E-state index in [9.17, 15) is 35.1 Å². The monoisotopic (exact) mass is 1270 g/mol. The average molecular weight is 1270 g/mol. The van der Waals surface area contributed by atoms with Crippen molar-refractivity contribution in [3.8, 4) is 0 Å². The van der Waals surface area contributed by atoms with Crippen LogP contribution in [0.5, 0.6) is 0 Å². The summed E-state index contributed by atoms with van der Waals surface area (Å²) < 4.78 is 17.7. The van der Waals surface area contributed by atoms with Crippen LogP contribution in [0, 0.1) is 0 Å². The maximum atomic E-state index is 13.5. The number of aliphatic hydroxyl groups is 5. The van der Waals surface area contributed by atoms with Crippen LogP contribution in [0.2, 0.25) is 0 Å². The standard InChI is InChI=1S/C79H143NO10/c1-4-7-10-13-16-19-22-25-27-29-31-33-35-37-39-41-43-45-47-49-52-55-58-61-64-67-74(84)90-77-76(86)75(85)73(68-81)89-79(77)88-69-70(71(82)65-62-59-56-53-50-24-21-18-15-12-9-6-3)80-78(87)72(83)66-63-60-57-54-51-48-46-44-42-40-38-36-34-32-30-28-26-23-20-17-14-11-8-5-2/h8,11,17,20,26,28,32,34,38,40,62,65,70-73,75-77,79,81-83,85-86H,4-7,9-10,12-16,18-19,21-25,27,29-31,33,35-37,39,41-61,63-64,66-69H2,1-3H3,(H,80,87)/b11-8-,20-17-,28-26-,34-32-,40-38-,65-62+. The van der Waals surface area contributed by atoms with Crippen LogP contribution in [0.1, 0.15) is 355 Å². The molecular weight excluding hydrogens is 1120 g/mol. The summed E-state index contributed by atoms with van der Waals surface area (Å²) in [5.41, 5.74) is 0. The van der Waals surface area contributed by atoms with Gasteiger partial charge in [-0.3, -0.25) is 9.59 Å². The molecule has 1 rings (SSSR count). The molecule has 0 aromatic heterocycles. The zero-order valence-electron chi connectivity index (χ0n) is 58.5. The van der Waals surface area contributed by atoms with Crippen molar-refractivity contribution < 1.29 is 49.3 Å². The molecule has 0 saturated carbocycles. The summed E-state index contributed by atoms with van der Waals surface area (Å²) in [6.07, 6.45) is 76.7. The van der Waals surface area contributed by atoms with E-state index in [1.807, 2.05) is 6.08 Å². The van der Waals surface area contributed by atoms with Crippen LogP contribution in [0.15, 0.2) is 72.9 Å². The van der Waals surface area contributed by atoms with Gasteiger partial charge in [-0.1, -0.05) is 351 Å². The molecule has 0 spiro atoms. The van der Waals surface area contributed by atoms with Crippen molar-refractivity contribution in [3.63, 3.8) is 0 Å². The quantitative estimate of drug-likeness (QED) is 0.0195. The number of rotatable bonds is 66. The molecule has 1 amide bonds. The zero-order chi connectivity index (χ0) is 65.3. The van der Waals surface area contributed by atoms with E-state index in [4.69, 9.17) is 14.2 Å². The lowest BCUT2D eigenvalue weighted by Crippen LogP contribution is -2.61. The van der Waals surface area contributed by atoms with Crippen LogP contribution in [0.25, 0.3) is 0 Å². The molecule has 1 aliphatic rings. The highest BCUT2D eigenvalue weighted by Crippen LogP contribution is 2.27. The molecule has 1 aliphatic heterocycles. The number of carbonyl (C=O) groups excluding carboxylic acids is 2. The lowest BCUT2D eigenvalue weighted by Gasteiger charge is -2.41. The maximum absolute atomic E-state index is 13.5. The molecular formula is C79H143NO10. The predicted octanol–water partition coefficient (Wildman–Crippen LogP) is 20.2. The van der Waals surface area contributed by atoms with Gasteiger partial charge in [0, 0.05) is 6.42 Å². The average Bonchev–Trinajstić information content (AvgIpc) is 2.18. The van der Waals surface area contributed by atoms with Gasteiger partial charge in [0.25, 0.3) is 0 Å². The fourth-order valence-electron chi connectivity index (χ4n) is 11.9. The van der Waals surface area contributed by atoms with Crippen LogP contribution < -0.4 is 5.32 Å². The topological polar surface area (TPSA) is 175 Å². The maximum Gasteiger partial charge on any atom is 0.306 e. The Hall–Kier alpha value is -2.90. The highest BCUT2D eigenvalue weighted by molar-refractivity contribution is 5.80. The van der Waals surface area contributed by atoms with Crippen LogP contribution in [0.3, 0.4) is 0 Å². The summed E-state index contributed by atoms with van der Waals surface area (Å²) in [6.45, 7) is 5.73. The Balaban J connectivity index is 2.53. The number of allylic oxidation sites excluding steroid dienone is 11. The third kappa shape index (κ3) is 52.5. The van der Waals surface area contributed by atoms with E-state index in [1.54, 1.807) is 6.08 Å². The summed E-state index contributed by atoms with van der Waals surface area (Å²) in [7, 11) is 0. The number of unbranched alkanes of at least 4 members (excludes halogenated alkanes) is 42. The van der Waals surface area contributed by atoms with E-state index < -0.39 is 67.4 Å². The van der Waals surface area contributed by atoms with Gasteiger partial charge in [0.15, 0.2) is 12.4 Å². The summed E-state index contributed by atoms with van der Waals surface area (Å²) >= 11 is 0. The molecule has 8 unspecified atom stereocenters. The molecule has 0 radical (unpaired) electrons. The number of ether oxygens (including phenoxy) is 3. The second-order valence-corrected chi connectivity index (χ2v) is 26.4. The molecule has 1 saturated heterocycles. The van der Waals surface area contributed by atoms with Crippen LogP contribution in [0.4, 0.5) is 0 Å². The predicted molar refractivity (Wildman–Crippen MR) is 379 cm³/mol.